The second kappa shape index (κ2) is 5.15. The van der Waals surface area contributed by atoms with Crippen LogP contribution in [0.4, 0.5) is 0 Å². The van der Waals surface area contributed by atoms with Crippen LogP contribution < -0.4 is 5.32 Å². The molecule has 0 aromatic rings. The number of hydrogen-bond acceptors (Lipinski definition) is 3. The summed E-state index contributed by atoms with van der Waals surface area (Å²) in [6, 6.07) is -0.0275. The fraction of sp³-hybridized carbons (Fsp3) is 0.917. The molecule has 0 aromatic heterocycles. The summed E-state index contributed by atoms with van der Waals surface area (Å²) < 4.78 is 0. The van der Waals surface area contributed by atoms with Crippen molar-refractivity contribution in [2.45, 2.75) is 38.8 Å². The molecule has 0 saturated carbocycles. The van der Waals surface area contributed by atoms with Crippen molar-refractivity contribution in [1.29, 1.82) is 0 Å². The molecule has 0 bridgehead atoms. The number of nitrogens with zero attached hydrogens (tertiary/aromatic N) is 2. The Morgan fingerprint density at radius 3 is 2.62 bits per heavy atom. The van der Waals surface area contributed by atoms with Crippen molar-refractivity contribution < 1.29 is 4.79 Å². The van der Waals surface area contributed by atoms with Crippen molar-refractivity contribution in [2.75, 3.05) is 33.7 Å². The smallest absolute Gasteiger partial charge is 0.241 e. The first-order chi connectivity index (χ1) is 7.44. The highest BCUT2D eigenvalue weighted by molar-refractivity contribution is 5.83. The van der Waals surface area contributed by atoms with Crippen LogP contribution >= 0.6 is 0 Å². The minimum atomic E-state index is -0.0275. The molecular formula is C12H25N3O. The third kappa shape index (κ3) is 2.55. The Hall–Kier alpha value is -0.610. The molecule has 1 fully saturated rings. The molecule has 94 valence electrons. The van der Waals surface area contributed by atoms with Gasteiger partial charge in [0, 0.05) is 25.2 Å². The predicted molar refractivity (Wildman–Crippen MR) is 66.4 cm³/mol. The van der Waals surface area contributed by atoms with Crippen molar-refractivity contribution in [3.05, 3.63) is 0 Å². The van der Waals surface area contributed by atoms with Crippen LogP contribution in [0.15, 0.2) is 0 Å². The van der Waals surface area contributed by atoms with Gasteiger partial charge >= 0.3 is 0 Å². The zero-order valence-corrected chi connectivity index (χ0v) is 11.2. The van der Waals surface area contributed by atoms with Crippen molar-refractivity contribution >= 4 is 5.91 Å². The van der Waals surface area contributed by atoms with Gasteiger partial charge in [-0.2, -0.15) is 0 Å². The first-order valence-corrected chi connectivity index (χ1v) is 6.10. The second-order valence-corrected chi connectivity index (χ2v) is 5.26. The van der Waals surface area contributed by atoms with E-state index in [0.717, 1.165) is 26.1 Å². The number of carbonyl (C=O) groups excluding carboxylic acids is 1. The molecule has 1 amide bonds. The summed E-state index contributed by atoms with van der Waals surface area (Å²) in [4.78, 5) is 16.4. The fourth-order valence-corrected chi connectivity index (χ4v) is 2.33. The zero-order valence-electron chi connectivity index (χ0n) is 11.2. The van der Waals surface area contributed by atoms with Gasteiger partial charge in [-0.1, -0.05) is 6.92 Å². The van der Waals surface area contributed by atoms with E-state index in [1.54, 1.807) is 0 Å². The third-order valence-corrected chi connectivity index (χ3v) is 3.49. The maximum atomic E-state index is 12.2. The summed E-state index contributed by atoms with van der Waals surface area (Å²) in [5.74, 6) is 0.262. The Morgan fingerprint density at radius 1 is 1.50 bits per heavy atom. The molecule has 1 rings (SSSR count). The van der Waals surface area contributed by atoms with Crippen LogP contribution in [0, 0.1) is 0 Å². The highest BCUT2D eigenvalue weighted by atomic mass is 16.2. The highest BCUT2D eigenvalue weighted by Gasteiger charge is 2.42. The van der Waals surface area contributed by atoms with Gasteiger partial charge < -0.3 is 10.2 Å². The van der Waals surface area contributed by atoms with Gasteiger partial charge in [0.25, 0.3) is 0 Å². The number of amides is 1. The number of nitrogens with one attached hydrogen (secondary N) is 1. The molecule has 1 unspecified atom stereocenters. The monoisotopic (exact) mass is 227 g/mol. The summed E-state index contributed by atoms with van der Waals surface area (Å²) >= 11 is 0. The zero-order chi connectivity index (χ0) is 12.3. The molecule has 0 aromatic carbocycles. The number of rotatable bonds is 4. The Balaban J connectivity index is 2.84. The number of carbonyl (C=O) groups is 1. The van der Waals surface area contributed by atoms with Crippen LogP contribution in [0.25, 0.3) is 0 Å². The highest BCUT2D eigenvalue weighted by Crippen LogP contribution is 2.24. The molecule has 0 radical (unpaired) electrons. The standard InChI is InChI=1S/C12H25N3O/c1-6-7-15-9-12(2,3)14(5)10(8-13-4)11(15)16/h10,13H,6-9H2,1-5H3. The van der Waals surface area contributed by atoms with E-state index in [-0.39, 0.29) is 17.5 Å². The van der Waals surface area contributed by atoms with E-state index in [2.05, 4.69) is 31.0 Å². The lowest BCUT2D eigenvalue weighted by Crippen LogP contribution is -2.67. The minimum absolute atomic E-state index is 0.0275. The SMILES string of the molecule is CCCN1CC(C)(C)N(C)C(CNC)C1=O. The number of hydrogen-bond donors (Lipinski definition) is 1. The van der Waals surface area contributed by atoms with E-state index < -0.39 is 0 Å². The Labute approximate surface area is 99.0 Å². The van der Waals surface area contributed by atoms with Crippen LogP contribution in [0.5, 0.6) is 0 Å². The van der Waals surface area contributed by atoms with E-state index in [9.17, 15) is 4.79 Å². The first kappa shape index (κ1) is 13.5. The molecule has 4 nitrogen and oxygen atoms in total. The molecule has 16 heavy (non-hydrogen) atoms. The lowest BCUT2D eigenvalue weighted by molar-refractivity contribution is -0.147. The van der Waals surface area contributed by atoms with Gasteiger partial charge in [-0.3, -0.25) is 9.69 Å². The molecule has 0 aliphatic carbocycles. The van der Waals surface area contributed by atoms with Crippen molar-refractivity contribution in [2.24, 2.45) is 0 Å². The van der Waals surface area contributed by atoms with E-state index in [1.807, 2.05) is 19.0 Å². The summed E-state index contributed by atoms with van der Waals surface area (Å²) in [5.41, 5.74) is 0.0601. The lowest BCUT2D eigenvalue weighted by atomic mass is 9.95. The molecule has 1 saturated heterocycles. The van der Waals surface area contributed by atoms with Crippen LogP contribution in [0.1, 0.15) is 27.2 Å². The maximum absolute atomic E-state index is 12.2. The summed E-state index contributed by atoms with van der Waals surface area (Å²) in [7, 11) is 3.94. The van der Waals surface area contributed by atoms with Crippen LogP contribution in [-0.2, 0) is 4.79 Å². The molecule has 4 heteroatoms. The van der Waals surface area contributed by atoms with Gasteiger partial charge in [-0.05, 0) is 34.4 Å². The predicted octanol–water partition coefficient (Wildman–Crippen LogP) is 0.537. The third-order valence-electron chi connectivity index (χ3n) is 3.49. The van der Waals surface area contributed by atoms with E-state index >= 15 is 0 Å². The minimum Gasteiger partial charge on any atom is -0.339 e. The summed E-state index contributed by atoms with van der Waals surface area (Å²) in [6.07, 6.45) is 1.03. The maximum Gasteiger partial charge on any atom is 0.241 e. The molecule has 1 aliphatic rings. The summed E-state index contributed by atoms with van der Waals surface area (Å²) in [5, 5.41) is 3.11. The average Bonchev–Trinajstić information content (AvgIpc) is 2.21. The molecule has 1 N–H and O–H groups in total. The van der Waals surface area contributed by atoms with Gasteiger partial charge in [-0.15, -0.1) is 0 Å². The van der Waals surface area contributed by atoms with Crippen LogP contribution in [0.3, 0.4) is 0 Å². The molecule has 0 spiro atoms. The normalized spacial score (nSPS) is 26.2. The Morgan fingerprint density at radius 2 is 2.12 bits per heavy atom. The van der Waals surface area contributed by atoms with Crippen molar-refractivity contribution in [3.63, 3.8) is 0 Å². The van der Waals surface area contributed by atoms with Crippen LogP contribution in [-0.4, -0.2) is 61.0 Å². The van der Waals surface area contributed by atoms with E-state index in [4.69, 9.17) is 0 Å². The molecular weight excluding hydrogens is 202 g/mol. The number of piperazine rings is 1. The largest absolute Gasteiger partial charge is 0.339 e. The Kier molecular flexibility index (Phi) is 4.33. The van der Waals surface area contributed by atoms with E-state index in [0.29, 0.717) is 0 Å². The van der Waals surface area contributed by atoms with Crippen molar-refractivity contribution in [1.82, 2.24) is 15.1 Å². The average molecular weight is 227 g/mol. The van der Waals surface area contributed by atoms with Gasteiger partial charge in [0.15, 0.2) is 0 Å². The summed E-state index contributed by atoms with van der Waals surface area (Å²) in [6.45, 7) is 8.94. The molecule has 1 heterocycles. The number of likely N-dealkylation sites (N-methyl/N-ethyl adjacent to an activating group) is 2. The fourth-order valence-electron chi connectivity index (χ4n) is 2.33. The lowest BCUT2D eigenvalue weighted by Gasteiger charge is -2.49. The van der Waals surface area contributed by atoms with Gasteiger partial charge in [0.1, 0.15) is 6.04 Å². The molecule has 1 aliphatic heterocycles. The second-order valence-electron chi connectivity index (χ2n) is 5.26. The van der Waals surface area contributed by atoms with Gasteiger partial charge in [0.05, 0.1) is 0 Å². The molecule has 1 atom stereocenters. The quantitative estimate of drug-likeness (QED) is 0.761. The first-order valence-electron chi connectivity index (χ1n) is 6.10. The Bertz CT molecular complexity index is 253. The van der Waals surface area contributed by atoms with Crippen molar-refractivity contribution in [3.8, 4) is 0 Å². The van der Waals surface area contributed by atoms with E-state index in [1.165, 1.54) is 0 Å². The topological polar surface area (TPSA) is 35.6 Å². The van der Waals surface area contributed by atoms with Gasteiger partial charge in [-0.25, -0.2) is 0 Å². The van der Waals surface area contributed by atoms with Gasteiger partial charge in [0.2, 0.25) is 5.91 Å². The van der Waals surface area contributed by atoms with Crippen LogP contribution in [0.2, 0.25) is 0 Å².